The van der Waals surface area contributed by atoms with E-state index < -0.39 is 11.5 Å². The highest BCUT2D eigenvalue weighted by molar-refractivity contribution is 6.05. The quantitative estimate of drug-likeness (QED) is 0.747. The Labute approximate surface area is 138 Å². The van der Waals surface area contributed by atoms with Gasteiger partial charge in [0, 0.05) is 17.1 Å². The molecule has 2 aromatic carbocycles. The Morgan fingerprint density at radius 3 is 2.54 bits per heavy atom. The zero-order chi connectivity index (χ0) is 17.3. The number of hydrogen-bond donors (Lipinski definition) is 1. The predicted molar refractivity (Wildman–Crippen MR) is 92.9 cm³/mol. The Bertz CT molecular complexity index is 988. The number of rotatable bonds is 3. The SMILES string of the molecule is COc1ccc2cc(C(=O)Nc3ccc(C)c(C)c3)c(=O)oc2c1. The van der Waals surface area contributed by atoms with Gasteiger partial charge in [-0.05, 0) is 55.3 Å². The van der Waals surface area contributed by atoms with E-state index in [2.05, 4.69) is 5.32 Å². The fourth-order valence-electron chi connectivity index (χ4n) is 2.39. The van der Waals surface area contributed by atoms with Crippen molar-refractivity contribution < 1.29 is 13.9 Å². The van der Waals surface area contributed by atoms with Gasteiger partial charge in [0.05, 0.1) is 7.11 Å². The highest BCUT2D eigenvalue weighted by Gasteiger charge is 2.14. The van der Waals surface area contributed by atoms with Crippen LogP contribution in [0, 0.1) is 13.8 Å². The summed E-state index contributed by atoms with van der Waals surface area (Å²) in [6, 6.07) is 12.2. The molecule has 24 heavy (non-hydrogen) atoms. The second kappa shape index (κ2) is 6.20. The highest BCUT2D eigenvalue weighted by atomic mass is 16.5. The van der Waals surface area contributed by atoms with Crippen LogP contribution in [0.3, 0.4) is 0 Å². The van der Waals surface area contributed by atoms with Gasteiger partial charge in [-0.1, -0.05) is 6.07 Å². The Morgan fingerprint density at radius 1 is 1.04 bits per heavy atom. The van der Waals surface area contributed by atoms with E-state index in [-0.39, 0.29) is 5.56 Å². The van der Waals surface area contributed by atoms with Gasteiger partial charge in [0.25, 0.3) is 5.91 Å². The summed E-state index contributed by atoms with van der Waals surface area (Å²) in [5.74, 6) is 0.0858. The Hall–Kier alpha value is -3.08. The molecule has 0 aliphatic rings. The van der Waals surface area contributed by atoms with Crippen molar-refractivity contribution in [1.82, 2.24) is 0 Å². The van der Waals surface area contributed by atoms with Crippen molar-refractivity contribution in [2.75, 3.05) is 12.4 Å². The van der Waals surface area contributed by atoms with Crippen molar-refractivity contribution in [3.05, 3.63) is 69.6 Å². The Kier molecular flexibility index (Phi) is 4.08. The van der Waals surface area contributed by atoms with Crippen LogP contribution in [0.15, 0.2) is 51.7 Å². The number of amides is 1. The van der Waals surface area contributed by atoms with Crippen molar-refractivity contribution in [2.45, 2.75) is 13.8 Å². The molecule has 0 saturated carbocycles. The number of nitrogens with one attached hydrogen (secondary N) is 1. The molecule has 0 spiro atoms. The first-order chi connectivity index (χ1) is 11.5. The average molecular weight is 323 g/mol. The lowest BCUT2D eigenvalue weighted by molar-refractivity contribution is 0.102. The van der Waals surface area contributed by atoms with Crippen LogP contribution < -0.4 is 15.7 Å². The molecular weight excluding hydrogens is 306 g/mol. The summed E-state index contributed by atoms with van der Waals surface area (Å²) >= 11 is 0. The number of ether oxygens (including phenoxy) is 1. The predicted octanol–water partition coefficient (Wildman–Crippen LogP) is 3.67. The topological polar surface area (TPSA) is 68.5 Å². The lowest BCUT2D eigenvalue weighted by atomic mass is 10.1. The smallest absolute Gasteiger partial charge is 0.349 e. The van der Waals surface area contributed by atoms with Gasteiger partial charge < -0.3 is 14.5 Å². The van der Waals surface area contributed by atoms with E-state index in [4.69, 9.17) is 9.15 Å². The fraction of sp³-hybridized carbons (Fsp3) is 0.158. The summed E-state index contributed by atoms with van der Waals surface area (Å²) in [6.07, 6.45) is 0. The molecule has 1 heterocycles. The molecule has 3 rings (SSSR count). The largest absolute Gasteiger partial charge is 0.497 e. The summed E-state index contributed by atoms with van der Waals surface area (Å²) in [5.41, 5.74) is 2.49. The third-order valence-electron chi connectivity index (χ3n) is 3.95. The van der Waals surface area contributed by atoms with Gasteiger partial charge in [-0.15, -0.1) is 0 Å². The monoisotopic (exact) mass is 323 g/mol. The zero-order valence-electron chi connectivity index (χ0n) is 13.7. The van der Waals surface area contributed by atoms with Gasteiger partial charge in [0.15, 0.2) is 0 Å². The lowest BCUT2D eigenvalue weighted by Crippen LogP contribution is -2.20. The van der Waals surface area contributed by atoms with Crippen LogP contribution in [-0.4, -0.2) is 13.0 Å². The first-order valence-corrected chi connectivity index (χ1v) is 7.48. The van der Waals surface area contributed by atoms with Gasteiger partial charge in [-0.25, -0.2) is 4.79 Å². The molecule has 0 radical (unpaired) electrons. The number of benzene rings is 2. The third-order valence-corrected chi connectivity index (χ3v) is 3.95. The van der Waals surface area contributed by atoms with Crippen LogP contribution in [0.25, 0.3) is 11.0 Å². The average Bonchev–Trinajstić information content (AvgIpc) is 2.57. The van der Waals surface area contributed by atoms with Gasteiger partial charge >= 0.3 is 5.63 Å². The summed E-state index contributed by atoms with van der Waals surface area (Å²) in [4.78, 5) is 24.5. The van der Waals surface area contributed by atoms with Crippen molar-refractivity contribution in [3.8, 4) is 5.75 Å². The fourth-order valence-corrected chi connectivity index (χ4v) is 2.39. The lowest BCUT2D eigenvalue weighted by Gasteiger charge is -2.08. The number of fused-ring (bicyclic) bond motifs is 1. The minimum absolute atomic E-state index is 0.0362. The Balaban J connectivity index is 1.95. The van der Waals surface area contributed by atoms with E-state index in [0.717, 1.165) is 11.1 Å². The van der Waals surface area contributed by atoms with Crippen LogP contribution >= 0.6 is 0 Å². The van der Waals surface area contributed by atoms with Gasteiger partial charge in [0.1, 0.15) is 16.9 Å². The normalized spacial score (nSPS) is 10.6. The standard InChI is InChI=1S/C19H17NO4/c1-11-4-6-14(8-12(11)2)20-18(21)16-9-13-5-7-15(23-3)10-17(13)24-19(16)22/h4-10H,1-3H3,(H,20,21). The molecule has 1 aromatic heterocycles. The van der Waals surface area contributed by atoms with E-state index in [1.165, 1.54) is 13.2 Å². The number of anilines is 1. The molecule has 1 amide bonds. The van der Waals surface area contributed by atoms with E-state index in [1.807, 2.05) is 26.0 Å². The third kappa shape index (κ3) is 3.01. The van der Waals surface area contributed by atoms with Crippen LogP contribution in [0.2, 0.25) is 0 Å². The van der Waals surface area contributed by atoms with Crippen molar-refractivity contribution >= 4 is 22.6 Å². The first kappa shape index (κ1) is 15.8. The van der Waals surface area contributed by atoms with Gasteiger partial charge in [-0.2, -0.15) is 0 Å². The molecule has 0 aliphatic carbocycles. The molecule has 0 atom stereocenters. The van der Waals surface area contributed by atoms with Crippen molar-refractivity contribution in [2.24, 2.45) is 0 Å². The molecular formula is C19H17NO4. The number of hydrogen-bond acceptors (Lipinski definition) is 4. The summed E-state index contributed by atoms with van der Waals surface area (Å²) in [7, 11) is 1.53. The second-order valence-corrected chi connectivity index (χ2v) is 5.60. The maximum absolute atomic E-state index is 12.4. The number of aryl methyl sites for hydroxylation is 2. The molecule has 122 valence electrons. The zero-order valence-corrected chi connectivity index (χ0v) is 13.7. The minimum atomic E-state index is -0.683. The summed E-state index contributed by atoms with van der Waals surface area (Å²) in [5, 5.41) is 3.38. The van der Waals surface area contributed by atoms with E-state index in [9.17, 15) is 9.59 Å². The van der Waals surface area contributed by atoms with Crippen LogP contribution in [-0.2, 0) is 0 Å². The van der Waals surface area contributed by atoms with Crippen LogP contribution in [0.1, 0.15) is 21.5 Å². The molecule has 0 unspecified atom stereocenters. The molecule has 0 saturated heterocycles. The minimum Gasteiger partial charge on any atom is -0.497 e. The van der Waals surface area contributed by atoms with E-state index in [1.54, 1.807) is 24.3 Å². The number of methoxy groups -OCH3 is 1. The van der Waals surface area contributed by atoms with Crippen molar-refractivity contribution in [1.29, 1.82) is 0 Å². The van der Waals surface area contributed by atoms with Crippen LogP contribution in [0.4, 0.5) is 5.69 Å². The summed E-state index contributed by atoms with van der Waals surface area (Å²) in [6.45, 7) is 3.95. The maximum Gasteiger partial charge on any atom is 0.349 e. The maximum atomic E-state index is 12.4. The Morgan fingerprint density at radius 2 is 1.83 bits per heavy atom. The highest BCUT2D eigenvalue weighted by Crippen LogP contribution is 2.21. The molecule has 0 fully saturated rings. The molecule has 3 aromatic rings. The second-order valence-electron chi connectivity index (χ2n) is 5.60. The van der Waals surface area contributed by atoms with E-state index in [0.29, 0.717) is 22.4 Å². The summed E-state index contributed by atoms with van der Waals surface area (Å²) < 4.78 is 10.3. The molecule has 0 aliphatic heterocycles. The first-order valence-electron chi connectivity index (χ1n) is 7.48. The molecule has 0 bridgehead atoms. The number of carbonyl (C=O) groups excluding carboxylic acids is 1. The number of carbonyl (C=O) groups is 1. The van der Waals surface area contributed by atoms with Crippen LogP contribution in [0.5, 0.6) is 5.75 Å². The molecule has 5 nitrogen and oxygen atoms in total. The van der Waals surface area contributed by atoms with Gasteiger partial charge in [0.2, 0.25) is 0 Å². The molecule has 1 N–H and O–H groups in total. The molecule has 5 heteroatoms. The van der Waals surface area contributed by atoms with Crippen molar-refractivity contribution in [3.63, 3.8) is 0 Å². The van der Waals surface area contributed by atoms with E-state index >= 15 is 0 Å². The van der Waals surface area contributed by atoms with Gasteiger partial charge in [-0.3, -0.25) is 4.79 Å².